The summed E-state index contributed by atoms with van der Waals surface area (Å²) in [6.45, 7) is 8.76. The Bertz CT molecular complexity index is 1260. The predicted molar refractivity (Wildman–Crippen MR) is 132 cm³/mol. The van der Waals surface area contributed by atoms with E-state index in [1.54, 1.807) is 0 Å². The van der Waals surface area contributed by atoms with Crippen molar-refractivity contribution in [3.05, 3.63) is 36.4 Å². The van der Waals surface area contributed by atoms with E-state index >= 15 is 0 Å². The molecule has 2 aromatic carbocycles. The molecule has 0 spiro atoms. The number of anilines is 1. The third-order valence-corrected chi connectivity index (χ3v) is 6.01. The van der Waals surface area contributed by atoms with Crippen LogP contribution in [-0.4, -0.2) is 77.1 Å². The number of imidazole rings is 1. The van der Waals surface area contributed by atoms with Crippen molar-refractivity contribution in [1.29, 1.82) is 0 Å². The standard InChI is InChI=1S/C25H32N6O2/c1-15(2)33-22-8-6-7-20-23(22)24(29-28-20)25-26-19-10-9-17(11-21(19)27-25)31-13-18(12-30(4)5)32-14-16(31)3/h6-11,15-16,18H,12-14H2,1-5H3,(H,26,27)(H,28,29). The summed E-state index contributed by atoms with van der Waals surface area (Å²) in [5.41, 5.74) is 4.78. The summed E-state index contributed by atoms with van der Waals surface area (Å²) < 4.78 is 12.1. The van der Waals surface area contributed by atoms with Crippen molar-refractivity contribution >= 4 is 27.6 Å². The number of aromatic amines is 2. The van der Waals surface area contributed by atoms with Crippen molar-refractivity contribution in [2.45, 2.75) is 39.0 Å². The first kappa shape index (κ1) is 21.7. The molecule has 0 bridgehead atoms. The molecule has 0 saturated carbocycles. The fourth-order valence-electron chi connectivity index (χ4n) is 4.55. The van der Waals surface area contributed by atoms with Gasteiger partial charge in [-0.3, -0.25) is 5.10 Å². The number of hydrogen-bond acceptors (Lipinski definition) is 6. The summed E-state index contributed by atoms with van der Waals surface area (Å²) in [6.07, 6.45) is 0.266. The molecule has 174 valence electrons. The number of benzene rings is 2. The predicted octanol–water partition coefficient (Wildman–Crippen LogP) is 4.05. The highest BCUT2D eigenvalue weighted by atomic mass is 16.5. The molecule has 1 saturated heterocycles. The fraction of sp³-hybridized carbons (Fsp3) is 0.440. The highest BCUT2D eigenvalue weighted by Gasteiger charge is 2.27. The maximum Gasteiger partial charge on any atom is 0.159 e. The molecular formula is C25H32N6O2. The number of hydrogen-bond donors (Lipinski definition) is 2. The number of fused-ring (bicyclic) bond motifs is 2. The quantitative estimate of drug-likeness (QED) is 0.463. The Morgan fingerprint density at radius 1 is 1.21 bits per heavy atom. The van der Waals surface area contributed by atoms with Crippen LogP contribution >= 0.6 is 0 Å². The van der Waals surface area contributed by atoms with Gasteiger partial charge < -0.3 is 24.3 Å². The minimum absolute atomic E-state index is 0.0726. The molecule has 5 rings (SSSR count). The summed E-state index contributed by atoms with van der Waals surface area (Å²) in [5.74, 6) is 1.54. The zero-order valence-electron chi connectivity index (χ0n) is 19.9. The van der Waals surface area contributed by atoms with Crippen molar-refractivity contribution in [3.8, 4) is 17.3 Å². The largest absolute Gasteiger partial charge is 0.490 e. The molecule has 0 amide bonds. The van der Waals surface area contributed by atoms with E-state index in [1.165, 1.54) is 5.69 Å². The van der Waals surface area contributed by atoms with Gasteiger partial charge in [-0.15, -0.1) is 0 Å². The number of nitrogens with zero attached hydrogens (tertiary/aromatic N) is 4. The van der Waals surface area contributed by atoms with E-state index in [9.17, 15) is 0 Å². The van der Waals surface area contributed by atoms with Gasteiger partial charge in [0, 0.05) is 24.8 Å². The number of nitrogens with one attached hydrogen (secondary N) is 2. The zero-order valence-corrected chi connectivity index (χ0v) is 19.9. The summed E-state index contributed by atoms with van der Waals surface area (Å²) >= 11 is 0. The number of ether oxygens (including phenoxy) is 2. The van der Waals surface area contributed by atoms with E-state index in [0.717, 1.165) is 58.9 Å². The van der Waals surface area contributed by atoms with Gasteiger partial charge in [-0.05, 0) is 65.2 Å². The van der Waals surface area contributed by atoms with Crippen LogP contribution in [0.3, 0.4) is 0 Å². The summed E-state index contributed by atoms with van der Waals surface area (Å²) in [7, 11) is 4.17. The van der Waals surface area contributed by atoms with Gasteiger partial charge in [0.05, 0.1) is 40.8 Å². The Hall–Kier alpha value is -3.10. The van der Waals surface area contributed by atoms with Crippen LogP contribution in [-0.2, 0) is 4.74 Å². The van der Waals surface area contributed by atoms with Crippen molar-refractivity contribution in [2.75, 3.05) is 38.7 Å². The molecule has 1 aliphatic rings. The SMILES string of the molecule is CC(C)Oc1cccc2[nH]nc(-c3nc4ccc(N5CC(CN(C)C)OCC5C)cc4[nH]3)c12. The molecule has 0 aliphatic carbocycles. The van der Waals surface area contributed by atoms with Crippen molar-refractivity contribution in [3.63, 3.8) is 0 Å². The van der Waals surface area contributed by atoms with Crippen molar-refractivity contribution in [2.24, 2.45) is 0 Å². The molecule has 2 aromatic heterocycles. The van der Waals surface area contributed by atoms with E-state index in [2.05, 4.69) is 64.2 Å². The average molecular weight is 449 g/mol. The van der Waals surface area contributed by atoms with Crippen molar-refractivity contribution in [1.82, 2.24) is 25.1 Å². The van der Waals surface area contributed by atoms with Gasteiger partial charge in [0.2, 0.25) is 0 Å². The molecule has 4 aromatic rings. The van der Waals surface area contributed by atoms with Crippen LogP contribution < -0.4 is 9.64 Å². The minimum atomic E-state index is 0.0726. The maximum atomic E-state index is 6.05. The van der Waals surface area contributed by atoms with Gasteiger partial charge in [0.1, 0.15) is 11.4 Å². The topological polar surface area (TPSA) is 82.3 Å². The van der Waals surface area contributed by atoms with Crippen LogP contribution in [0.15, 0.2) is 36.4 Å². The van der Waals surface area contributed by atoms with Crippen LogP contribution in [0.1, 0.15) is 20.8 Å². The Labute approximate surface area is 193 Å². The minimum Gasteiger partial charge on any atom is -0.490 e. The Morgan fingerprint density at radius 2 is 2.06 bits per heavy atom. The molecular weight excluding hydrogens is 416 g/mol. The third-order valence-electron chi connectivity index (χ3n) is 6.01. The third kappa shape index (κ3) is 4.28. The summed E-state index contributed by atoms with van der Waals surface area (Å²) in [5, 5.41) is 8.62. The highest BCUT2D eigenvalue weighted by Crippen LogP contribution is 2.34. The number of morpholine rings is 1. The summed E-state index contributed by atoms with van der Waals surface area (Å²) in [6, 6.07) is 12.7. The lowest BCUT2D eigenvalue weighted by Gasteiger charge is -2.40. The Kier molecular flexibility index (Phi) is 5.72. The van der Waals surface area contributed by atoms with Crippen molar-refractivity contribution < 1.29 is 9.47 Å². The number of rotatable bonds is 6. The molecule has 2 unspecified atom stereocenters. The number of H-pyrrole nitrogens is 2. The molecule has 0 radical (unpaired) electrons. The highest BCUT2D eigenvalue weighted by molar-refractivity contribution is 5.97. The number of likely N-dealkylation sites (N-methyl/N-ethyl adjacent to an activating group) is 1. The average Bonchev–Trinajstić information content (AvgIpc) is 3.38. The van der Waals surface area contributed by atoms with Crippen LogP contribution in [0, 0.1) is 0 Å². The van der Waals surface area contributed by atoms with Gasteiger partial charge in [-0.25, -0.2) is 4.98 Å². The van der Waals surface area contributed by atoms with Crippen LogP contribution in [0.4, 0.5) is 5.69 Å². The first-order valence-corrected chi connectivity index (χ1v) is 11.6. The molecule has 1 fully saturated rings. The lowest BCUT2D eigenvalue weighted by Crippen LogP contribution is -2.51. The summed E-state index contributed by atoms with van der Waals surface area (Å²) in [4.78, 5) is 12.9. The van der Waals surface area contributed by atoms with E-state index in [4.69, 9.17) is 14.5 Å². The maximum absolute atomic E-state index is 6.05. The van der Waals surface area contributed by atoms with E-state index in [1.807, 2.05) is 32.0 Å². The second kappa shape index (κ2) is 8.68. The van der Waals surface area contributed by atoms with Crippen LogP contribution in [0.25, 0.3) is 33.5 Å². The van der Waals surface area contributed by atoms with Gasteiger partial charge in [0.15, 0.2) is 5.82 Å². The normalized spacial score (nSPS) is 19.3. The molecule has 8 nitrogen and oxygen atoms in total. The van der Waals surface area contributed by atoms with E-state index in [-0.39, 0.29) is 12.2 Å². The Balaban J connectivity index is 1.49. The monoisotopic (exact) mass is 448 g/mol. The van der Waals surface area contributed by atoms with Crippen LogP contribution in [0.5, 0.6) is 5.75 Å². The van der Waals surface area contributed by atoms with Crippen LogP contribution in [0.2, 0.25) is 0 Å². The van der Waals surface area contributed by atoms with E-state index < -0.39 is 0 Å². The fourth-order valence-corrected chi connectivity index (χ4v) is 4.55. The molecule has 8 heteroatoms. The smallest absolute Gasteiger partial charge is 0.159 e. The lowest BCUT2D eigenvalue weighted by molar-refractivity contribution is 0.00880. The van der Waals surface area contributed by atoms with Gasteiger partial charge in [-0.1, -0.05) is 6.07 Å². The first-order chi connectivity index (χ1) is 15.9. The first-order valence-electron chi connectivity index (χ1n) is 11.6. The molecule has 3 heterocycles. The van der Waals surface area contributed by atoms with Gasteiger partial charge >= 0.3 is 0 Å². The lowest BCUT2D eigenvalue weighted by atomic mass is 10.1. The van der Waals surface area contributed by atoms with Gasteiger partial charge in [0.25, 0.3) is 0 Å². The molecule has 2 N–H and O–H groups in total. The number of aromatic nitrogens is 4. The van der Waals surface area contributed by atoms with Gasteiger partial charge in [-0.2, -0.15) is 5.10 Å². The molecule has 33 heavy (non-hydrogen) atoms. The second-order valence-corrected chi connectivity index (χ2v) is 9.42. The Morgan fingerprint density at radius 3 is 2.85 bits per heavy atom. The second-order valence-electron chi connectivity index (χ2n) is 9.42. The molecule has 2 atom stereocenters. The zero-order chi connectivity index (χ0) is 23.1. The molecule has 1 aliphatic heterocycles. The van der Waals surface area contributed by atoms with E-state index in [0.29, 0.717) is 6.04 Å².